The van der Waals surface area contributed by atoms with Crippen LogP contribution in [0, 0.1) is 0 Å². The van der Waals surface area contributed by atoms with E-state index in [1.807, 2.05) is 0 Å². The van der Waals surface area contributed by atoms with Gasteiger partial charge in [0.1, 0.15) is 0 Å². The van der Waals surface area contributed by atoms with E-state index in [9.17, 15) is 0 Å². The molecule has 2 heterocycles. The number of aromatic nitrogens is 2. The predicted octanol–water partition coefficient (Wildman–Crippen LogP) is 1.76. The summed E-state index contributed by atoms with van der Waals surface area (Å²) >= 11 is 0. The predicted molar refractivity (Wildman–Crippen MR) is 68.0 cm³/mol. The quantitative estimate of drug-likeness (QED) is 0.837. The molecule has 0 aromatic carbocycles. The first-order valence-corrected chi connectivity index (χ1v) is 7.00. The standard InChI is InChI=1S/C13H23N3O2/c1-2-5-12-14-13(18-15-12)10-16-8-4-3-6-11(16)7-9-17/h11,17H,2-10H2,1H3/t11-/m0/s1. The molecule has 1 aliphatic heterocycles. The van der Waals surface area contributed by atoms with Crippen LogP contribution in [0.1, 0.15) is 50.7 Å². The molecule has 2 rings (SSSR count). The van der Waals surface area contributed by atoms with E-state index in [1.54, 1.807) is 0 Å². The molecule has 1 N–H and O–H groups in total. The van der Waals surface area contributed by atoms with E-state index in [0.717, 1.165) is 44.6 Å². The fraction of sp³-hybridized carbons (Fsp3) is 0.846. The normalized spacial score (nSPS) is 21.3. The number of aryl methyl sites for hydroxylation is 1. The molecule has 0 bridgehead atoms. The maximum Gasteiger partial charge on any atom is 0.240 e. The van der Waals surface area contributed by atoms with Gasteiger partial charge in [0.25, 0.3) is 0 Å². The minimum absolute atomic E-state index is 0.256. The monoisotopic (exact) mass is 253 g/mol. The number of aliphatic hydroxyl groups is 1. The Morgan fingerprint density at radius 2 is 2.33 bits per heavy atom. The van der Waals surface area contributed by atoms with Crippen LogP contribution < -0.4 is 0 Å². The number of aliphatic hydroxyl groups excluding tert-OH is 1. The molecule has 0 aliphatic carbocycles. The summed E-state index contributed by atoms with van der Waals surface area (Å²) in [5.41, 5.74) is 0. The molecule has 1 saturated heterocycles. The highest BCUT2D eigenvalue weighted by Crippen LogP contribution is 2.21. The number of hydrogen-bond donors (Lipinski definition) is 1. The lowest BCUT2D eigenvalue weighted by Gasteiger charge is -2.34. The number of rotatable bonds is 6. The van der Waals surface area contributed by atoms with Gasteiger partial charge in [0.15, 0.2) is 5.82 Å². The molecule has 0 saturated carbocycles. The summed E-state index contributed by atoms with van der Waals surface area (Å²) in [6.45, 7) is 4.15. The molecule has 0 spiro atoms. The van der Waals surface area contributed by atoms with Gasteiger partial charge in [0.2, 0.25) is 5.89 Å². The number of hydrogen-bond acceptors (Lipinski definition) is 5. The molecule has 1 aromatic rings. The molecule has 0 amide bonds. The zero-order chi connectivity index (χ0) is 12.8. The maximum absolute atomic E-state index is 9.10. The summed E-state index contributed by atoms with van der Waals surface area (Å²) in [5, 5.41) is 13.1. The minimum atomic E-state index is 0.256. The third-order valence-corrected chi connectivity index (χ3v) is 3.53. The van der Waals surface area contributed by atoms with Gasteiger partial charge >= 0.3 is 0 Å². The molecule has 1 fully saturated rings. The van der Waals surface area contributed by atoms with Crippen molar-refractivity contribution in [1.29, 1.82) is 0 Å². The Labute approximate surface area is 108 Å². The van der Waals surface area contributed by atoms with E-state index in [2.05, 4.69) is 22.0 Å². The van der Waals surface area contributed by atoms with Crippen LogP contribution in [-0.2, 0) is 13.0 Å². The Balaban J connectivity index is 1.92. The average Bonchev–Trinajstić information content (AvgIpc) is 2.80. The Bertz CT molecular complexity index is 352. The molecule has 1 aliphatic rings. The summed E-state index contributed by atoms with van der Waals surface area (Å²) in [5.74, 6) is 1.52. The molecule has 5 heteroatoms. The van der Waals surface area contributed by atoms with Gasteiger partial charge in [-0.05, 0) is 32.2 Å². The zero-order valence-electron chi connectivity index (χ0n) is 11.1. The Kier molecular flexibility index (Phi) is 5.13. The largest absolute Gasteiger partial charge is 0.396 e. The highest BCUT2D eigenvalue weighted by molar-refractivity contribution is 4.88. The van der Waals surface area contributed by atoms with Crippen molar-refractivity contribution < 1.29 is 9.63 Å². The summed E-state index contributed by atoms with van der Waals surface area (Å²) in [7, 11) is 0. The topological polar surface area (TPSA) is 62.4 Å². The lowest BCUT2D eigenvalue weighted by Crippen LogP contribution is -2.39. The van der Waals surface area contributed by atoms with Crippen LogP contribution in [0.4, 0.5) is 0 Å². The van der Waals surface area contributed by atoms with Crippen molar-refractivity contribution in [2.75, 3.05) is 13.2 Å². The molecular weight excluding hydrogens is 230 g/mol. The van der Waals surface area contributed by atoms with Gasteiger partial charge in [-0.2, -0.15) is 4.98 Å². The highest BCUT2D eigenvalue weighted by atomic mass is 16.5. The van der Waals surface area contributed by atoms with E-state index in [4.69, 9.17) is 9.63 Å². The first kappa shape index (κ1) is 13.5. The Morgan fingerprint density at radius 1 is 1.44 bits per heavy atom. The van der Waals surface area contributed by atoms with Gasteiger partial charge in [0, 0.05) is 19.1 Å². The van der Waals surface area contributed by atoms with Crippen molar-refractivity contribution >= 4 is 0 Å². The number of piperidine rings is 1. The third-order valence-electron chi connectivity index (χ3n) is 3.53. The summed E-state index contributed by atoms with van der Waals surface area (Å²) in [6.07, 6.45) is 6.40. The molecule has 102 valence electrons. The van der Waals surface area contributed by atoms with Crippen LogP contribution in [0.15, 0.2) is 4.52 Å². The van der Waals surface area contributed by atoms with E-state index in [-0.39, 0.29) is 6.61 Å². The molecule has 0 radical (unpaired) electrons. The number of likely N-dealkylation sites (tertiary alicyclic amines) is 1. The second-order valence-corrected chi connectivity index (χ2v) is 4.99. The molecular formula is C13H23N3O2. The van der Waals surface area contributed by atoms with Crippen LogP contribution in [0.2, 0.25) is 0 Å². The van der Waals surface area contributed by atoms with Gasteiger partial charge in [-0.15, -0.1) is 0 Å². The SMILES string of the molecule is CCCc1noc(CN2CCCC[C@H]2CCO)n1. The maximum atomic E-state index is 9.10. The van der Waals surface area contributed by atoms with Gasteiger partial charge in [-0.1, -0.05) is 18.5 Å². The van der Waals surface area contributed by atoms with Crippen LogP contribution in [0.3, 0.4) is 0 Å². The van der Waals surface area contributed by atoms with Gasteiger partial charge < -0.3 is 9.63 Å². The van der Waals surface area contributed by atoms with Crippen molar-refractivity contribution in [3.05, 3.63) is 11.7 Å². The van der Waals surface area contributed by atoms with Crippen LogP contribution >= 0.6 is 0 Å². The molecule has 18 heavy (non-hydrogen) atoms. The Morgan fingerprint density at radius 3 is 3.11 bits per heavy atom. The molecule has 0 unspecified atom stereocenters. The van der Waals surface area contributed by atoms with E-state index in [1.165, 1.54) is 12.8 Å². The zero-order valence-corrected chi connectivity index (χ0v) is 11.1. The van der Waals surface area contributed by atoms with Crippen LogP contribution in [-0.4, -0.2) is 39.3 Å². The van der Waals surface area contributed by atoms with Gasteiger partial charge in [-0.3, -0.25) is 4.90 Å². The highest BCUT2D eigenvalue weighted by Gasteiger charge is 2.23. The third kappa shape index (κ3) is 3.53. The van der Waals surface area contributed by atoms with Crippen molar-refractivity contribution in [2.45, 2.75) is 58.0 Å². The first-order chi connectivity index (χ1) is 8.83. The summed E-state index contributed by atoms with van der Waals surface area (Å²) in [4.78, 5) is 6.77. The van der Waals surface area contributed by atoms with Gasteiger partial charge in [-0.25, -0.2) is 0 Å². The molecule has 1 atom stereocenters. The smallest absolute Gasteiger partial charge is 0.240 e. The van der Waals surface area contributed by atoms with Crippen LogP contribution in [0.5, 0.6) is 0 Å². The number of nitrogens with zero attached hydrogens (tertiary/aromatic N) is 3. The van der Waals surface area contributed by atoms with Crippen molar-refractivity contribution in [1.82, 2.24) is 15.0 Å². The molecule has 5 nitrogen and oxygen atoms in total. The second-order valence-electron chi connectivity index (χ2n) is 4.99. The van der Waals surface area contributed by atoms with Crippen molar-refractivity contribution in [3.8, 4) is 0 Å². The lowest BCUT2D eigenvalue weighted by atomic mass is 10.00. The Hall–Kier alpha value is -0.940. The van der Waals surface area contributed by atoms with Gasteiger partial charge in [0.05, 0.1) is 6.54 Å². The summed E-state index contributed by atoms with van der Waals surface area (Å²) < 4.78 is 5.28. The van der Waals surface area contributed by atoms with E-state index >= 15 is 0 Å². The average molecular weight is 253 g/mol. The summed E-state index contributed by atoms with van der Waals surface area (Å²) in [6, 6.07) is 0.463. The van der Waals surface area contributed by atoms with Crippen LogP contribution in [0.25, 0.3) is 0 Å². The first-order valence-electron chi connectivity index (χ1n) is 7.00. The minimum Gasteiger partial charge on any atom is -0.396 e. The van der Waals surface area contributed by atoms with Crippen molar-refractivity contribution in [3.63, 3.8) is 0 Å². The molecule has 1 aromatic heterocycles. The van der Waals surface area contributed by atoms with E-state index in [0.29, 0.717) is 11.9 Å². The lowest BCUT2D eigenvalue weighted by molar-refractivity contribution is 0.100. The van der Waals surface area contributed by atoms with E-state index < -0.39 is 0 Å². The fourth-order valence-corrected chi connectivity index (χ4v) is 2.60. The fourth-order valence-electron chi connectivity index (χ4n) is 2.60. The second kappa shape index (κ2) is 6.85. The van der Waals surface area contributed by atoms with Crippen molar-refractivity contribution in [2.24, 2.45) is 0 Å².